The van der Waals surface area contributed by atoms with Crippen LogP contribution in [0, 0.1) is 0 Å². The second-order valence-electron chi connectivity index (χ2n) is 3.56. The zero-order valence-electron chi connectivity index (χ0n) is 9.06. The predicted octanol–water partition coefficient (Wildman–Crippen LogP) is 2.36. The number of halogens is 1. The van der Waals surface area contributed by atoms with Gasteiger partial charge in [-0.2, -0.15) is 0 Å². The van der Waals surface area contributed by atoms with Crippen LogP contribution in [0.4, 0.5) is 0 Å². The molecule has 0 aliphatic carbocycles. The van der Waals surface area contributed by atoms with Gasteiger partial charge in [0.25, 0.3) is 0 Å². The fourth-order valence-electron chi connectivity index (χ4n) is 1.68. The summed E-state index contributed by atoms with van der Waals surface area (Å²) >= 11 is 5.49. The third-order valence-corrected chi connectivity index (χ3v) is 4.13. The topological polar surface area (TPSA) is 46.2 Å². The van der Waals surface area contributed by atoms with Crippen LogP contribution in [0.25, 0.3) is 10.8 Å². The predicted molar refractivity (Wildman–Crippen MR) is 69.9 cm³/mol. The second kappa shape index (κ2) is 5.04. The lowest BCUT2D eigenvalue weighted by atomic mass is 10.1. The van der Waals surface area contributed by atoms with Crippen LogP contribution in [0.1, 0.15) is 0 Å². The molecule has 0 radical (unpaired) electrons. The van der Waals surface area contributed by atoms with Gasteiger partial charge >= 0.3 is 0 Å². The summed E-state index contributed by atoms with van der Waals surface area (Å²) in [7, 11) is -3.48. The van der Waals surface area contributed by atoms with E-state index >= 15 is 0 Å². The van der Waals surface area contributed by atoms with E-state index in [1.54, 1.807) is 18.2 Å². The van der Waals surface area contributed by atoms with E-state index in [-0.39, 0.29) is 12.4 Å². The first-order chi connectivity index (χ1) is 8.15. The lowest BCUT2D eigenvalue weighted by molar-refractivity contribution is 0.585. The standard InChI is InChI=1S/C12H12ClNO2S/c13-8-9-14-17(15,16)12-7-3-5-10-4-1-2-6-11(10)12/h1-7,14H,8-9H2. The van der Waals surface area contributed by atoms with Crippen molar-refractivity contribution >= 4 is 32.4 Å². The Morgan fingerprint density at radius 1 is 1.06 bits per heavy atom. The third-order valence-electron chi connectivity index (χ3n) is 2.43. The van der Waals surface area contributed by atoms with Crippen LogP contribution in [0.5, 0.6) is 0 Å². The molecule has 3 nitrogen and oxygen atoms in total. The maximum absolute atomic E-state index is 12.0. The minimum atomic E-state index is -3.48. The smallest absolute Gasteiger partial charge is 0.210 e. The van der Waals surface area contributed by atoms with Gasteiger partial charge < -0.3 is 0 Å². The number of benzene rings is 2. The Morgan fingerprint density at radius 2 is 1.76 bits per heavy atom. The Labute approximate surface area is 105 Å². The zero-order chi connectivity index (χ0) is 12.3. The maximum atomic E-state index is 12.0. The SMILES string of the molecule is O=S(=O)(NCCCl)c1cccc2ccccc12. The Hall–Kier alpha value is -1.10. The van der Waals surface area contributed by atoms with E-state index < -0.39 is 10.0 Å². The fourth-order valence-corrected chi connectivity index (χ4v) is 3.15. The Balaban J connectivity index is 2.55. The van der Waals surface area contributed by atoms with Crippen molar-refractivity contribution in [2.75, 3.05) is 12.4 Å². The summed E-state index contributed by atoms with van der Waals surface area (Å²) in [5.74, 6) is 0.254. The van der Waals surface area contributed by atoms with Crippen LogP contribution in [-0.2, 0) is 10.0 Å². The summed E-state index contributed by atoms with van der Waals surface area (Å²) in [5.41, 5.74) is 0. The lowest BCUT2D eigenvalue weighted by Gasteiger charge is -2.08. The molecule has 0 bridgehead atoms. The van der Waals surface area contributed by atoms with Crippen LogP contribution >= 0.6 is 11.6 Å². The van der Waals surface area contributed by atoms with Crippen molar-refractivity contribution in [3.05, 3.63) is 42.5 Å². The maximum Gasteiger partial charge on any atom is 0.241 e. The Kier molecular flexibility index (Phi) is 3.66. The summed E-state index contributed by atoms with van der Waals surface area (Å²) in [6.07, 6.45) is 0. The van der Waals surface area contributed by atoms with Gasteiger partial charge in [0.15, 0.2) is 0 Å². The van der Waals surface area contributed by atoms with E-state index in [2.05, 4.69) is 4.72 Å². The molecule has 0 amide bonds. The highest BCUT2D eigenvalue weighted by Gasteiger charge is 2.15. The summed E-state index contributed by atoms with van der Waals surface area (Å²) in [4.78, 5) is 0.292. The van der Waals surface area contributed by atoms with Gasteiger partial charge in [-0.1, -0.05) is 36.4 Å². The molecule has 0 spiro atoms. The molecular formula is C12H12ClNO2S. The second-order valence-corrected chi connectivity index (χ2v) is 5.68. The van der Waals surface area contributed by atoms with Crippen molar-refractivity contribution < 1.29 is 8.42 Å². The summed E-state index contributed by atoms with van der Waals surface area (Å²) in [6.45, 7) is 0.229. The van der Waals surface area contributed by atoms with Gasteiger partial charge in [0, 0.05) is 17.8 Å². The van der Waals surface area contributed by atoms with Crippen molar-refractivity contribution in [2.24, 2.45) is 0 Å². The molecule has 90 valence electrons. The number of fused-ring (bicyclic) bond motifs is 1. The molecule has 2 aromatic rings. The Morgan fingerprint density at radius 3 is 2.53 bits per heavy atom. The van der Waals surface area contributed by atoms with Gasteiger partial charge in [0.1, 0.15) is 0 Å². The van der Waals surface area contributed by atoms with Crippen molar-refractivity contribution in [3.63, 3.8) is 0 Å². The molecule has 0 aliphatic rings. The normalized spacial score (nSPS) is 11.8. The molecule has 2 aromatic carbocycles. The molecule has 0 heterocycles. The van der Waals surface area contributed by atoms with Gasteiger partial charge in [0.2, 0.25) is 10.0 Å². The Bertz CT molecular complexity index is 620. The van der Waals surface area contributed by atoms with Gasteiger partial charge in [-0.3, -0.25) is 0 Å². The van der Waals surface area contributed by atoms with Crippen molar-refractivity contribution in [1.29, 1.82) is 0 Å². The van der Waals surface area contributed by atoms with Gasteiger partial charge in [0.05, 0.1) is 4.90 Å². The average Bonchev–Trinajstić information content (AvgIpc) is 2.36. The molecule has 0 aliphatic heterocycles. The molecule has 0 saturated carbocycles. The highest BCUT2D eigenvalue weighted by atomic mass is 35.5. The first-order valence-corrected chi connectivity index (χ1v) is 7.20. The quantitative estimate of drug-likeness (QED) is 0.866. The van der Waals surface area contributed by atoms with Crippen LogP contribution in [0.2, 0.25) is 0 Å². The number of rotatable bonds is 4. The van der Waals surface area contributed by atoms with Crippen LogP contribution < -0.4 is 4.72 Å². The highest BCUT2D eigenvalue weighted by molar-refractivity contribution is 7.89. The van der Waals surface area contributed by atoms with E-state index in [9.17, 15) is 8.42 Å². The number of hydrogen-bond acceptors (Lipinski definition) is 2. The minimum absolute atomic E-state index is 0.229. The van der Waals surface area contributed by atoms with Gasteiger partial charge in [-0.15, -0.1) is 11.6 Å². The lowest BCUT2D eigenvalue weighted by Crippen LogP contribution is -2.25. The van der Waals surface area contributed by atoms with Crippen molar-refractivity contribution in [1.82, 2.24) is 4.72 Å². The number of alkyl halides is 1. The fraction of sp³-hybridized carbons (Fsp3) is 0.167. The minimum Gasteiger partial charge on any atom is -0.210 e. The summed E-state index contributed by atoms with van der Waals surface area (Å²) in [5, 5.41) is 1.62. The molecule has 0 saturated heterocycles. The summed E-state index contributed by atoms with van der Waals surface area (Å²) in [6, 6.07) is 12.6. The van der Waals surface area contributed by atoms with Gasteiger partial charge in [-0.05, 0) is 11.5 Å². The molecule has 0 aromatic heterocycles. The number of sulfonamides is 1. The molecule has 5 heteroatoms. The van der Waals surface area contributed by atoms with Crippen molar-refractivity contribution in [3.8, 4) is 0 Å². The average molecular weight is 270 g/mol. The van der Waals surface area contributed by atoms with E-state index in [1.807, 2.05) is 24.3 Å². The van der Waals surface area contributed by atoms with Crippen LogP contribution in [0.15, 0.2) is 47.4 Å². The summed E-state index contributed by atoms with van der Waals surface area (Å²) < 4.78 is 26.5. The molecule has 0 atom stereocenters. The van der Waals surface area contributed by atoms with Crippen LogP contribution in [0.3, 0.4) is 0 Å². The molecule has 0 fully saturated rings. The molecule has 1 N–H and O–H groups in total. The van der Waals surface area contributed by atoms with Crippen LogP contribution in [-0.4, -0.2) is 20.8 Å². The largest absolute Gasteiger partial charge is 0.241 e. The van der Waals surface area contributed by atoms with E-state index in [0.717, 1.165) is 10.8 Å². The van der Waals surface area contributed by atoms with E-state index in [1.165, 1.54) is 0 Å². The molecule has 17 heavy (non-hydrogen) atoms. The van der Waals surface area contributed by atoms with E-state index in [4.69, 9.17) is 11.6 Å². The molecular weight excluding hydrogens is 258 g/mol. The molecule has 0 unspecified atom stereocenters. The van der Waals surface area contributed by atoms with E-state index in [0.29, 0.717) is 4.90 Å². The van der Waals surface area contributed by atoms with Gasteiger partial charge in [-0.25, -0.2) is 13.1 Å². The zero-order valence-corrected chi connectivity index (χ0v) is 10.6. The highest BCUT2D eigenvalue weighted by Crippen LogP contribution is 2.22. The third kappa shape index (κ3) is 2.60. The number of hydrogen-bond donors (Lipinski definition) is 1. The molecule has 2 rings (SSSR count). The number of nitrogens with one attached hydrogen (secondary N) is 1. The first kappa shape index (κ1) is 12.4. The first-order valence-electron chi connectivity index (χ1n) is 5.18. The monoisotopic (exact) mass is 269 g/mol. The van der Waals surface area contributed by atoms with Crippen molar-refractivity contribution in [2.45, 2.75) is 4.90 Å².